The zero-order chi connectivity index (χ0) is 37.7. The van der Waals surface area contributed by atoms with Crippen molar-refractivity contribution in [1.82, 2.24) is 0 Å². The van der Waals surface area contributed by atoms with E-state index in [2.05, 4.69) is 217 Å². The van der Waals surface area contributed by atoms with Gasteiger partial charge in [0.2, 0.25) is 0 Å². The number of benzene rings is 9. The van der Waals surface area contributed by atoms with Gasteiger partial charge in [0.25, 0.3) is 0 Å². The molecule has 0 N–H and O–H groups in total. The molecular formula is C54H35NOS. The summed E-state index contributed by atoms with van der Waals surface area (Å²) in [5.74, 6) is 0. The molecule has 0 radical (unpaired) electrons. The molecule has 0 saturated heterocycles. The van der Waals surface area contributed by atoms with Crippen LogP contribution in [0.3, 0.4) is 0 Å². The van der Waals surface area contributed by atoms with Gasteiger partial charge in [-0.3, -0.25) is 0 Å². The summed E-state index contributed by atoms with van der Waals surface area (Å²) in [6.45, 7) is 0. The summed E-state index contributed by atoms with van der Waals surface area (Å²) < 4.78 is 9.58. The standard InChI is InChI=1S/C54H35NOS/c1-3-11-36(12-4-1)38-25-30-43(31-26-38)55(50-19-10-18-49-48-17-9-16-45(53(48)56-54(49)50)41-13-5-2-6-14-41)44-32-27-39(28-33-44)37-21-23-40(24-22-37)42-29-34-47-46-15-7-8-20-51(46)57-52(47)35-42/h1-35H. The molecule has 2 heterocycles. The van der Waals surface area contributed by atoms with Crippen molar-refractivity contribution in [3.05, 3.63) is 212 Å². The van der Waals surface area contributed by atoms with Gasteiger partial charge in [-0.15, -0.1) is 11.3 Å². The van der Waals surface area contributed by atoms with Crippen LogP contribution in [0.1, 0.15) is 0 Å². The quantitative estimate of drug-likeness (QED) is 0.162. The lowest BCUT2D eigenvalue weighted by Gasteiger charge is -2.26. The number of hydrogen-bond donors (Lipinski definition) is 0. The topological polar surface area (TPSA) is 16.4 Å². The van der Waals surface area contributed by atoms with Gasteiger partial charge in [-0.1, -0.05) is 170 Å². The van der Waals surface area contributed by atoms with E-state index in [0.29, 0.717) is 0 Å². The predicted octanol–water partition coefficient (Wildman–Crippen LogP) is 16.1. The van der Waals surface area contributed by atoms with Gasteiger partial charge in [0.1, 0.15) is 5.58 Å². The summed E-state index contributed by atoms with van der Waals surface area (Å²) in [5, 5.41) is 4.85. The molecule has 0 aliphatic carbocycles. The average molecular weight is 746 g/mol. The fourth-order valence-electron chi connectivity index (χ4n) is 8.25. The minimum atomic E-state index is 0.858. The molecule has 0 saturated carbocycles. The van der Waals surface area contributed by atoms with Gasteiger partial charge in [-0.05, 0) is 81.4 Å². The highest BCUT2D eigenvalue weighted by Crippen LogP contribution is 2.45. The molecule has 2 nitrogen and oxygen atoms in total. The number of thiophene rings is 1. The zero-order valence-corrected chi connectivity index (χ0v) is 31.8. The highest BCUT2D eigenvalue weighted by molar-refractivity contribution is 7.25. The van der Waals surface area contributed by atoms with E-state index >= 15 is 0 Å². The molecule has 0 fully saturated rings. The van der Waals surface area contributed by atoms with Crippen molar-refractivity contribution in [1.29, 1.82) is 0 Å². The fourth-order valence-corrected chi connectivity index (χ4v) is 9.40. The summed E-state index contributed by atoms with van der Waals surface area (Å²) >= 11 is 1.86. The van der Waals surface area contributed by atoms with Gasteiger partial charge in [0.05, 0.1) is 5.69 Å². The lowest BCUT2D eigenvalue weighted by atomic mass is 9.99. The molecule has 11 rings (SSSR count). The predicted molar refractivity (Wildman–Crippen MR) is 243 cm³/mol. The monoisotopic (exact) mass is 745 g/mol. The van der Waals surface area contributed by atoms with Crippen molar-refractivity contribution in [2.75, 3.05) is 4.90 Å². The van der Waals surface area contributed by atoms with Crippen LogP contribution >= 0.6 is 11.3 Å². The zero-order valence-electron chi connectivity index (χ0n) is 31.0. The summed E-state index contributed by atoms with van der Waals surface area (Å²) in [4.78, 5) is 2.32. The Morgan fingerprint density at radius 1 is 0.316 bits per heavy atom. The van der Waals surface area contributed by atoms with E-state index in [4.69, 9.17) is 4.42 Å². The van der Waals surface area contributed by atoms with Crippen molar-refractivity contribution in [2.24, 2.45) is 0 Å². The first kappa shape index (κ1) is 33.2. The molecule has 9 aromatic carbocycles. The fraction of sp³-hybridized carbons (Fsp3) is 0. The van der Waals surface area contributed by atoms with Crippen LogP contribution in [-0.4, -0.2) is 0 Å². The summed E-state index contributed by atoms with van der Waals surface area (Å²) in [6, 6.07) is 76.1. The Hall–Kier alpha value is -7.20. The molecule has 0 aliphatic rings. The van der Waals surface area contributed by atoms with E-state index in [0.717, 1.165) is 50.1 Å². The Morgan fingerprint density at radius 3 is 1.46 bits per heavy atom. The van der Waals surface area contributed by atoms with E-state index in [9.17, 15) is 0 Å². The Balaban J connectivity index is 0.978. The number of para-hydroxylation sites is 2. The second kappa shape index (κ2) is 13.8. The van der Waals surface area contributed by atoms with Crippen molar-refractivity contribution in [3.8, 4) is 44.5 Å². The summed E-state index contributed by atoms with van der Waals surface area (Å²) in [5.41, 5.74) is 14.2. The highest BCUT2D eigenvalue weighted by Gasteiger charge is 2.21. The van der Waals surface area contributed by atoms with E-state index in [1.807, 2.05) is 11.3 Å². The maximum atomic E-state index is 6.92. The average Bonchev–Trinajstić information content (AvgIpc) is 3.86. The van der Waals surface area contributed by atoms with Gasteiger partial charge >= 0.3 is 0 Å². The third kappa shape index (κ3) is 5.88. The number of rotatable bonds is 7. The van der Waals surface area contributed by atoms with Crippen molar-refractivity contribution >= 4 is 70.5 Å². The summed E-state index contributed by atoms with van der Waals surface area (Å²) in [7, 11) is 0. The minimum Gasteiger partial charge on any atom is -0.453 e. The van der Waals surface area contributed by atoms with Crippen LogP contribution in [0.2, 0.25) is 0 Å². The lowest BCUT2D eigenvalue weighted by Crippen LogP contribution is -2.10. The van der Waals surface area contributed by atoms with E-state index in [-0.39, 0.29) is 0 Å². The molecule has 0 spiro atoms. The molecule has 2 aromatic heterocycles. The number of furan rings is 1. The Morgan fingerprint density at radius 2 is 0.789 bits per heavy atom. The molecule has 11 aromatic rings. The summed E-state index contributed by atoms with van der Waals surface area (Å²) in [6.07, 6.45) is 0. The molecule has 0 amide bonds. The Labute approximate surface area is 335 Å². The van der Waals surface area contributed by atoms with Gasteiger partial charge in [0, 0.05) is 47.9 Å². The van der Waals surface area contributed by atoms with E-state index in [1.54, 1.807) is 0 Å². The molecule has 3 heteroatoms. The largest absolute Gasteiger partial charge is 0.453 e. The second-order valence-corrected chi connectivity index (χ2v) is 15.6. The van der Waals surface area contributed by atoms with Crippen LogP contribution in [-0.2, 0) is 0 Å². The number of anilines is 3. The number of hydrogen-bond acceptors (Lipinski definition) is 3. The first-order valence-corrected chi connectivity index (χ1v) is 20.1. The smallest absolute Gasteiger partial charge is 0.159 e. The minimum absolute atomic E-state index is 0.858. The molecular weight excluding hydrogens is 711 g/mol. The second-order valence-electron chi connectivity index (χ2n) is 14.5. The molecule has 0 unspecified atom stereocenters. The molecule has 0 bridgehead atoms. The Kier molecular flexibility index (Phi) is 8.04. The van der Waals surface area contributed by atoms with Crippen LogP contribution in [0, 0.1) is 0 Å². The van der Waals surface area contributed by atoms with Crippen molar-refractivity contribution in [3.63, 3.8) is 0 Å². The van der Waals surface area contributed by atoms with Gasteiger partial charge in [0.15, 0.2) is 5.58 Å². The first-order valence-electron chi connectivity index (χ1n) is 19.3. The third-order valence-electron chi connectivity index (χ3n) is 11.1. The number of nitrogens with zero attached hydrogens (tertiary/aromatic N) is 1. The van der Waals surface area contributed by atoms with Gasteiger partial charge in [-0.25, -0.2) is 0 Å². The molecule has 0 atom stereocenters. The Bertz CT molecular complexity index is 3200. The van der Waals surface area contributed by atoms with Crippen LogP contribution in [0.15, 0.2) is 217 Å². The normalized spacial score (nSPS) is 11.5. The van der Waals surface area contributed by atoms with Crippen LogP contribution < -0.4 is 4.90 Å². The number of fused-ring (bicyclic) bond motifs is 6. The van der Waals surface area contributed by atoms with E-state index in [1.165, 1.54) is 53.6 Å². The maximum Gasteiger partial charge on any atom is 0.159 e. The third-order valence-corrected chi connectivity index (χ3v) is 12.3. The van der Waals surface area contributed by atoms with Crippen molar-refractivity contribution < 1.29 is 4.42 Å². The van der Waals surface area contributed by atoms with Crippen LogP contribution in [0.25, 0.3) is 86.6 Å². The molecule has 57 heavy (non-hydrogen) atoms. The van der Waals surface area contributed by atoms with Crippen molar-refractivity contribution in [2.45, 2.75) is 0 Å². The molecule has 268 valence electrons. The highest BCUT2D eigenvalue weighted by atomic mass is 32.1. The van der Waals surface area contributed by atoms with Gasteiger partial charge in [-0.2, -0.15) is 0 Å². The first-order chi connectivity index (χ1) is 28.2. The lowest BCUT2D eigenvalue weighted by molar-refractivity contribution is 0.670. The maximum absolute atomic E-state index is 6.92. The van der Waals surface area contributed by atoms with Crippen LogP contribution in [0.4, 0.5) is 17.1 Å². The van der Waals surface area contributed by atoms with Gasteiger partial charge < -0.3 is 9.32 Å². The van der Waals surface area contributed by atoms with Crippen LogP contribution in [0.5, 0.6) is 0 Å². The SMILES string of the molecule is c1ccc(-c2ccc(N(c3ccc(-c4ccc(-c5ccc6c(c5)sc5ccccc56)cc4)cc3)c3cccc4c3oc3c(-c5ccccc5)cccc34)cc2)cc1. The van der Waals surface area contributed by atoms with E-state index < -0.39 is 0 Å². The molecule has 0 aliphatic heterocycles.